The monoisotopic (exact) mass is 474 g/mol. The summed E-state index contributed by atoms with van der Waals surface area (Å²) in [6.07, 6.45) is 1.91. The molecule has 0 bridgehead atoms. The van der Waals surface area contributed by atoms with E-state index >= 15 is 0 Å². The van der Waals surface area contributed by atoms with Crippen molar-refractivity contribution in [2.24, 2.45) is 5.92 Å². The molecule has 2 heterocycles. The fourth-order valence-electron chi connectivity index (χ4n) is 4.21. The van der Waals surface area contributed by atoms with Crippen molar-refractivity contribution in [2.75, 3.05) is 31.1 Å². The topological polar surface area (TPSA) is 67.6 Å². The molecule has 2 fully saturated rings. The first-order valence-corrected chi connectivity index (χ1v) is 12.1. The van der Waals surface area contributed by atoms with Crippen molar-refractivity contribution in [1.29, 1.82) is 5.26 Å². The number of halogens is 1. The molecular weight excluding hydrogens is 451 g/mol. The Morgan fingerprint density at radius 1 is 0.941 bits per heavy atom. The van der Waals surface area contributed by atoms with Crippen LogP contribution < -0.4 is 4.90 Å². The summed E-state index contributed by atoms with van der Waals surface area (Å²) < 4.78 is 13.6. The number of piperazine rings is 1. The van der Waals surface area contributed by atoms with Gasteiger partial charge in [-0.25, -0.2) is 4.39 Å². The third-order valence-electron chi connectivity index (χ3n) is 6.23. The Morgan fingerprint density at radius 2 is 1.59 bits per heavy atom. The highest BCUT2D eigenvalue weighted by molar-refractivity contribution is 8.06. The Hall–Kier alpha value is -3.57. The molecule has 0 radical (unpaired) electrons. The molecule has 0 aromatic heterocycles. The largest absolute Gasteiger partial charge is 0.339 e. The van der Waals surface area contributed by atoms with Gasteiger partial charge in [-0.2, -0.15) is 5.26 Å². The molecule has 2 amide bonds. The van der Waals surface area contributed by atoms with Crippen LogP contribution in [0.15, 0.2) is 70.6 Å². The molecule has 1 saturated carbocycles. The van der Waals surface area contributed by atoms with Gasteiger partial charge >= 0.3 is 0 Å². The molecule has 6 nitrogen and oxygen atoms in total. The summed E-state index contributed by atoms with van der Waals surface area (Å²) >= 11 is 1.31. The van der Waals surface area contributed by atoms with E-state index in [1.165, 1.54) is 23.9 Å². The van der Waals surface area contributed by atoms with Crippen molar-refractivity contribution in [2.45, 2.75) is 12.8 Å². The Balaban J connectivity index is 1.44. The molecule has 5 rings (SSSR count). The predicted molar refractivity (Wildman–Crippen MR) is 129 cm³/mol. The Labute approximate surface area is 201 Å². The van der Waals surface area contributed by atoms with E-state index in [0.717, 1.165) is 24.1 Å². The number of nitrogens with zero attached hydrogens (tertiary/aromatic N) is 4. The van der Waals surface area contributed by atoms with Crippen LogP contribution in [0.1, 0.15) is 18.4 Å². The van der Waals surface area contributed by atoms with Gasteiger partial charge in [-0.15, -0.1) is 0 Å². The van der Waals surface area contributed by atoms with Gasteiger partial charge in [-0.05, 0) is 42.7 Å². The van der Waals surface area contributed by atoms with Gasteiger partial charge < -0.3 is 14.7 Å². The first-order chi connectivity index (χ1) is 16.6. The lowest BCUT2D eigenvalue weighted by Gasteiger charge is -2.35. The highest BCUT2D eigenvalue weighted by atomic mass is 32.2. The summed E-state index contributed by atoms with van der Waals surface area (Å²) in [4.78, 5) is 31.1. The highest BCUT2D eigenvalue weighted by Crippen LogP contribution is 2.44. The Morgan fingerprint density at radius 3 is 2.21 bits per heavy atom. The number of rotatable bonds is 4. The maximum absolute atomic E-state index is 13.6. The zero-order chi connectivity index (χ0) is 23.7. The van der Waals surface area contributed by atoms with Gasteiger partial charge in [0.2, 0.25) is 5.91 Å². The van der Waals surface area contributed by atoms with Crippen molar-refractivity contribution in [3.8, 4) is 6.07 Å². The SMILES string of the molecule is N#C/C(C(=O)N1CCN(C(=O)C2CC2)CC1)=C1/SC=C(c2ccccc2)N1c1ccc(F)cc1. The number of carbonyl (C=O) groups excluding carboxylic acids is 2. The molecule has 1 saturated heterocycles. The lowest BCUT2D eigenvalue weighted by atomic mass is 10.1. The summed E-state index contributed by atoms with van der Waals surface area (Å²) in [5, 5.41) is 12.4. The quantitative estimate of drug-likeness (QED) is 0.491. The smallest absolute Gasteiger partial charge is 0.267 e. The summed E-state index contributed by atoms with van der Waals surface area (Å²) in [7, 11) is 0. The standard InChI is InChI=1S/C26H23FN4O2S/c27-20-8-10-21(11-9-20)31-23(18-4-2-1-3-5-18)17-34-26(31)22(16-28)25(33)30-14-12-29(13-15-30)24(32)19-6-7-19/h1-5,8-11,17,19H,6-7,12-15H2/b26-22-. The van der Waals surface area contributed by atoms with Crippen LogP contribution in [0.3, 0.4) is 0 Å². The number of anilines is 1. The van der Waals surface area contributed by atoms with E-state index in [-0.39, 0.29) is 29.1 Å². The van der Waals surface area contributed by atoms with E-state index in [4.69, 9.17) is 0 Å². The minimum Gasteiger partial charge on any atom is -0.339 e. The van der Waals surface area contributed by atoms with Crippen LogP contribution in [0.5, 0.6) is 0 Å². The van der Waals surface area contributed by atoms with E-state index in [1.54, 1.807) is 17.0 Å². The minimum atomic E-state index is -0.360. The van der Waals surface area contributed by atoms with E-state index in [2.05, 4.69) is 6.07 Å². The maximum atomic E-state index is 13.6. The summed E-state index contributed by atoms with van der Waals surface area (Å²) in [6.45, 7) is 1.76. The van der Waals surface area contributed by atoms with Crippen LogP contribution in [0.4, 0.5) is 10.1 Å². The number of nitriles is 1. The fraction of sp³-hybridized carbons (Fsp3) is 0.269. The maximum Gasteiger partial charge on any atom is 0.267 e. The number of thioether (sulfide) groups is 1. The average Bonchev–Trinajstić information content (AvgIpc) is 3.64. The van der Waals surface area contributed by atoms with E-state index in [1.807, 2.05) is 45.5 Å². The Kier molecular flexibility index (Phi) is 6.12. The van der Waals surface area contributed by atoms with Crippen LogP contribution >= 0.6 is 11.8 Å². The second-order valence-electron chi connectivity index (χ2n) is 8.48. The highest BCUT2D eigenvalue weighted by Gasteiger charge is 2.37. The van der Waals surface area contributed by atoms with Crippen molar-refractivity contribution in [3.63, 3.8) is 0 Å². The molecule has 0 N–H and O–H groups in total. The molecule has 34 heavy (non-hydrogen) atoms. The molecule has 0 spiro atoms. The number of hydrogen-bond donors (Lipinski definition) is 0. The zero-order valence-corrected chi connectivity index (χ0v) is 19.3. The zero-order valence-electron chi connectivity index (χ0n) is 18.5. The van der Waals surface area contributed by atoms with Gasteiger partial charge in [0.25, 0.3) is 5.91 Å². The van der Waals surface area contributed by atoms with E-state index < -0.39 is 0 Å². The molecule has 0 atom stereocenters. The van der Waals surface area contributed by atoms with Crippen molar-refractivity contribution in [1.82, 2.24) is 9.80 Å². The fourth-order valence-corrected chi connectivity index (χ4v) is 5.24. The minimum absolute atomic E-state index is 0.0403. The number of benzene rings is 2. The predicted octanol–water partition coefficient (Wildman–Crippen LogP) is 4.19. The van der Waals surface area contributed by atoms with Crippen molar-refractivity contribution in [3.05, 3.63) is 82.0 Å². The average molecular weight is 475 g/mol. The molecule has 3 aliphatic rings. The van der Waals surface area contributed by atoms with Gasteiger partial charge in [0.1, 0.15) is 22.5 Å². The van der Waals surface area contributed by atoms with Crippen LogP contribution in [-0.2, 0) is 9.59 Å². The molecule has 8 heteroatoms. The number of hydrogen-bond acceptors (Lipinski definition) is 5. The van der Waals surface area contributed by atoms with Gasteiger partial charge in [-0.3, -0.25) is 9.59 Å². The van der Waals surface area contributed by atoms with Crippen LogP contribution in [0.25, 0.3) is 5.70 Å². The number of carbonyl (C=O) groups is 2. The molecular formula is C26H23FN4O2S. The lowest BCUT2D eigenvalue weighted by Crippen LogP contribution is -2.51. The molecule has 2 aliphatic heterocycles. The first kappa shape index (κ1) is 22.2. The first-order valence-electron chi connectivity index (χ1n) is 11.3. The molecule has 1 aliphatic carbocycles. The normalized spacial score (nSPS) is 19.5. The van der Waals surface area contributed by atoms with Crippen molar-refractivity contribution < 1.29 is 14.0 Å². The van der Waals surface area contributed by atoms with Gasteiger partial charge in [0, 0.05) is 43.2 Å². The van der Waals surface area contributed by atoms with Crippen LogP contribution in [0, 0.1) is 23.1 Å². The lowest BCUT2D eigenvalue weighted by molar-refractivity contribution is -0.138. The van der Waals surface area contributed by atoms with E-state index in [9.17, 15) is 19.2 Å². The Bertz CT molecular complexity index is 1210. The third kappa shape index (κ3) is 4.31. The summed E-state index contributed by atoms with van der Waals surface area (Å²) in [5.74, 6) is -0.378. The molecule has 0 unspecified atom stereocenters. The second kappa shape index (κ2) is 9.35. The molecule has 2 aromatic rings. The number of amides is 2. The summed E-state index contributed by atoms with van der Waals surface area (Å²) in [6, 6.07) is 17.8. The van der Waals surface area contributed by atoms with Crippen LogP contribution in [0.2, 0.25) is 0 Å². The molecule has 172 valence electrons. The molecule has 2 aromatic carbocycles. The van der Waals surface area contributed by atoms with Crippen molar-refractivity contribution >= 4 is 35.0 Å². The van der Waals surface area contributed by atoms with E-state index in [0.29, 0.717) is 36.9 Å². The summed E-state index contributed by atoms with van der Waals surface area (Å²) in [5.41, 5.74) is 2.44. The van der Waals surface area contributed by atoms with Crippen LogP contribution in [-0.4, -0.2) is 47.8 Å². The van der Waals surface area contributed by atoms with Gasteiger partial charge in [0.05, 0.1) is 5.70 Å². The van der Waals surface area contributed by atoms with Gasteiger partial charge in [-0.1, -0.05) is 42.1 Å². The third-order valence-corrected chi connectivity index (χ3v) is 7.18. The second-order valence-corrected chi connectivity index (χ2v) is 9.34. The van der Waals surface area contributed by atoms with Gasteiger partial charge in [0.15, 0.2) is 0 Å².